The number of rotatable bonds is 5. The molecule has 7 nitrogen and oxygen atoms in total. The van der Waals surface area contributed by atoms with Crippen LogP contribution in [-0.2, 0) is 12.3 Å². The van der Waals surface area contributed by atoms with Crippen LogP contribution >= 0.6 is 27.7 Å². The smallest absolute Gasteiger partial charge is 0.283 e. The second-order valence-corrected chi connectivity index (χ2v) is 5.18. The van der Waals surface area contributed by atoms with Crippen LogP contribution in [0.15, 0.2) is 32.3 Å². The van der Waals surface area contributed by atoms with Gasteiger partial charge in [-0.2, -0.15) is 0 Å². The predicted octanol–water partition coefficient (Wildman–Crippen LogP) is 2.49. The molecule has 2 N–H and O–H groups in total. The molecular weight excluding hydrogens is 336 g/mol. The minimum atomic E-state index is -0.433. The first kappa shape index (κ1) is 14.0. The van der Waals surface area contributed by atoms with E-state index in [9.17, 15) is 10.1 Å². The van der Waals surface area contributed by atoms with Crippen LogP contribution in [0.3, 0.4) is 0 Å². The van der Waals surface area contributed by atoms with Crippen molar-refractivity contribution in [2.45, 2.75) is 17.5 Å². The maximum atomic E-state index is 10.8. The lowest BCUT2D eigenvalue weighted by Crippen LogP contribution is -1.95. The summed E-state index contributed by atoms with van der Waals surface area (Å²) in [5, 5.41) is 18.7. The van der Waals surface area contributed by atoms with Crippen molar-refractivity contribution in [3.63, 3.8) is 0 Å². The summed E-state index contributed by atoms with van der Waals surface area (Å²) in [6.45, 7) is 0.189. The van der Waals surface area contributed by atoms with E-state index in [4.69, 9.17) is 10.2 Å². The average Bonchev–Trinajstić information content (AvgIpc) is 2.85. The SMILES string of the molecule is NCc1nnc(SCc2cccc([N+](=O)[O-])c2Br)o1. The summed E-state index contributed by atoms with van der Waals surface area (Å²) in [5.41, 5.74) is 6.18. The molecule has 1 aromatic heterocycles. The lowest BCUT2D eigenvalue weighted by atomic mass is 10.2. The molecule has 0 saturated heterocycles. The molecule has 0 bridgehead atoms. The number of hydrogen-bond acceptors (Lipinski definition) is 7. The van der Waals surface area contributed by atoms with Gasteiger partial charge in [-0.25, -0.2) is 0 Å². The number of nitro groups is 1. The summed E-state index contributed by atoms with van der Waals surface area (Å²) >= 11 is 4.53. The van der Waals surface area contributed by atoms with Gasteiger partial charge in [0, 0.05) is 11.8 Å². The van der Waals surface area contributed by atoms with Gasteiger partial charge in [0.2, 0.25) is 5.89 Å². The zero-order valence-corrected chi connectivity index (χ0v) is 12.0. The summed E-state index contributed by atoms with van der Waals surface area (Å²) in [4.78, 5) is 10.4. The Labute approximate surface area is 120 Å². The molecule has 0 saturated carbocycles. The van der Waals surface area contributed by atoms with E-state index in [1.807, 2.05) is 0 Å². The Balaban J connectivity index is 2.11. The van der Waals surface area contributed by atoms with Crippen molar-refractivity contribution in [2.24, 2.45) is 5.73 Å². The van der Waals surface area contributed by atoms with E-state index in [1.165, 1.54) is 17.8 Å². The normalized spacial score (nSPS) is 10.6. The molecule has 0 amide bonds. The molecule has 0 spiro atoms. The number of hydrogen-bond donors (Lipinski definition) is 1. The van der Waals surface area contributed by atoms with E-state index in [1.54, 1.807) is 12.1 Å². The third-order valence-electron chi connectivity index (χ3n) is 2.23. The van der Waals surface area contributed by atoms with E-state index >= 15 is 0 Å². The fraction of sp³-hybridized carbons (Fsp3) is 0.200. The summed E-state index contributed by atoms with van der Waals surface area (Å²) in [7, 11) is 0. The average molecular weight is 345 g/mol. The fourth-order valence-electron chi connectivity index (χ4n) is 1.34. The highest BCUT2D eigenvalue weighted by molar-refractivity contribution is 9.10. The van der Waals surface area contributed by atoms with E-state index in [0.29, 0.717) is 21.3 Å². The third-order valence-corrected chi connectivity index (χ3v) is 4.01. The molecule has 0 aliphatic carbocycles. The van der Waals surface area contributed by atoms with Crippen molar-refractivity contribution < 1.29 is 9.34 Å². The Bertz CT molecular complexity index is 604. The van der Waals surface area contributed by atoms with Crippen molar-refractivity contribution >= 4 is 33.4 Å². The number of benzene rings is 1. The van der Waals surface area contributed by atoms with Crippen LogP contribution < -0.4 is 5.73 Å². The van der Waals surface area contributed by atoms with Crippen LogP contribution in [0.5, 0.6) is 0 Å². The maximum Gasteiger partial charge on any atom is 0.283 e. The number of nitrogens with zero attached hydrogens (tertiary/aromatic N) is 3. The van der Waals surface area contributed by atoms with Crippen LogP contribution in [0.2, 0.25) is 0 Å². The van der Waals surface area contributed by atoms with Crippen LogP contribution in [0.25, 0.3) is 0 Å². The van der Waals surface area contributed by atoms with Crippen molar-refractivity contribution in [3.05, 3.63) is 44.2 Å². The summed E-state index contributed by atoms with van der Waals surface area (Å²) in [5.74, 6) is 0.842. The third kappa shape index (κ3) is 3.31. The van der Waals surface area contributed by atoms with Gasteiger partial charge in [0.25, 0.3) is 10.9 Å². The van der Waals surface area contributed by atoms with Crippen molar-refractivity contribution in [3.8, 4) is 0 Å². The molecule has 2 rings (SSSR count). The molecule has 0 aliphatic rings. The number of nitro benzene ring substituents is 1. The van der Waals surface area contributed by atoms with E-state index < -0.39 is 4.92 Å². The molecule has 0 radical (unpaired) electrons. The molecule has 0 unspecified atom stereocenters. The first-order valence-electron chi connectivity index (χ1n) is 5.19. The van der Waals surface area contributed by atoms with Crippen LogP contribution in [0.4, 0.5) is 5.69 Å². The highest BCUT2D eigenvalue weighted by Gasteiger charge is 2.15. The number of thioether (sulfide) groups is 1. The molecule has 0 atom stereocenters. The fourth-order valence-corrected chi connectivity index (χ4v) is 2.85. The molecule has 9 heteroatoms. The van der Waals surface area contributed by atoms with Crippen LogP contribution in [0.1, 0.15) is 11.5 Å². The predicted molar refractivity (Wildman–Crippen MR) is 72.5 cm³/mol. The molecule has 0 aliphatic heterocycles. The molecular formula is C10H9BrN4O3S. The zero-order valence-electron chi connectivity index (χ0n) is 9.58. The Morgan fingerprint density at radius 2 is 2.26 bits per heavy atom. The zero-order chi connectivity index (χ0) is 13.8. The van der Waals surface area contributed by atoms with E-state index in [2.05, 4.69) is 26.1 Å². The van der Waals surface area contributed by atoms with Gasteiger partial charge in [0.05, 0.1) is 15.9 Å². The summed E-state index contributed by atoms with van der Waals surface area (Å²) < 4.78 is 5.70. The standard InChI is InChI=1S/C10H9BrN4O3S/c11-9-6(2-1-3-7(9)15(16)17)5-19-10-14-13-8(4-12)18-10/h1-3H,4-5,12H2. The van der Waals surface area contributed by atoms with Gasteiger partial charge in [-0.15, -0.1) is 10.2 Å². The second kappa shape index (κ2) is 6.13. The van der Waals surface area contributed by atoms with Gasteiger partial charge in [0.1, 0.15) is 0 Å². The van der Waals surface area contributed by atoms with Gasteiger partial charge in [0.15, 0.2) is 0 Å². The summed E-state index contributed by atoms with van der Waals surface area (Å²) in [6, 6.07) is 4.87. The van der Waals surface area contributed by atoms with Gasteiger partial charge >= 0.3 is 0 Å². The number of aromatic nitrogens is 2. The van der Waals surface area contributed by atoms with Gasteiger partial charge < -0.3 is 10.2 Å². The van der Waals surface area contributed by atoms with Gasteiger partial charge in [-0.3, -0.25) is 10.1 Å². The van der Waals surface area contributed by atoms with Crippen molar-refractivity contribution in [1.29, 1.82) is 0 Å². The number of nitrogens with two attached hydrogens (primary N) is 1. The van der Waals surface area contributed by atoms with E-state index in [0.717, 1.165) is 5.56 Å². The van der Waals surface area contributed by atoms with Crippen molar-refractivity contribution in [2.75, 3.05) is 0 Å². The first-order valence-corrected chi connectivity index (χ1v) is 6.96. The Morgan fingerprint density at radius 3 is 2.89 bits per heavy atom. The maximum absolute atomic E-state index is 10.8. The molecule has 1 heterocycles. The lowest BCUT2D eigenvalue weighted by Gasteiger charge is -2.02. The molecule has 100 valence electrons. The second-order valence-electron chi connectivity index (χ2n) is 3.46. The van der Waals surface area contributed by atoms with Crippen LogP contribution in [0, 0.1) is 10.1 Å². The van der Waals surface area contributed by atoms with Gasteiger partial charge in [-0.1, -0.05) is 23.9 Å². The molecule has 0 fully saturated rings. The monoisotopic (exact) mass is 344 g/mol. The Morgan fingerprint density at radius 1 is 1.47 bits per heavy atom. The lowest BCUT2D eigenvalue weighted by molar-refractivity contribution is -0.385. The van der Waals surface area contributed by atoms with Crippen molar-refractivity contribution in [1.82, 2.24) is 10.2 Å². The first-order chi connectivity index (χ1) is 9.11. The molecule has 2 aromatic rings. The van der Waals surface area contributed by atoms with E-state index in [-0.39, 0.29) is 12.2 Å². The minimum absolute atomic E-state index is 0.0336. The minimum Gasteiger partial charge on any atom is -0.415 e. The molecule has 1 aromatic carbocycles. The summed E-state index contributed by atoms with van der Waals surface area (Å²) in [6.07, 6.45) is 0. The highest BCUT2D eigenvalue weighted by atomic mass is 79.9. The Kier molecular flexibility index (Phi) is 4.51. The topological polar surface area (TPSA) is 108 Å². The highest BCUT2D eigenvalue weighted by Crippen LogP contribution is 2.32. The Hall–Kier alpha value is -1.45. The number of halogens is 1. The molecule has 19 heavy (non-hydrogen) atoms. The van der Waals surface area contributed by atoms with Gasteiger partial charge in [-0.05, 0) is 21.5 Å². The quantitative estimate of drug-likeness (QED) is 0.504. The largest absolute Gasteiger partial charge is 0.415 e. The van der Waals surface area contributed by atoms with Crippen LogP contribution in [-0.4, -0.2) is 15.1 Å².